The highest BCUT2D eigenvalue weighted by Crippen LogP contribution is 2.32. The van der Waals surface area contributed by atoms with Crippen molar-refractivity contribution in [2.24, 2.45) is 0 Å². The van der Waals surface area contributed by atoms with Crippen LogP contribution in [0.25, 0.3) is 11.3 Å². The summed E-state index contributed by atoms with van der Waals surface area (Å²) in [7, 11) is 0. The predicted molar refractivity (Wildman–Crippen MR) is 161 cm³/mol. The third-order valence-corrected chi connectivity index (χ3v) is 7.28. The van der Waals surface area contributed by atoms with E-state index in [1.165, 1.54) is 4.90 Å². The zero-order valence-electron chi connectivity index (χ0n) is 24.4. The molecule has 2 heterocycles. The summed E-state index contributed by atoms with van der Waals surface area (Å²) in [5, 5.41) is 22.5. The fourth-order valence-corrected chi connectivity index (χ4v) is 5.11. The zero-order chi connectivity index (χ0) is 29.7. The summed E-state index contributed by atoms with van der Waals surface area (Å²) < 4.78 is 0. The molecule has 0 aliphatic carbocycles. The van der Waals surface area contributed by atoms with Crippen LogP contribution in [0.1, 0.15) is 56.1 Å². The molecule has 1 aromatic heterocycles. The van der Waals surface area contributed by atoms with Crippen LogP contribution in [0.4, 0.5) is 16.2 Å². The van der Waals surface area contributed by atoms with Crippen LogP contribution in [0.2, 0.25) is 0 Å². The van der Waals surface area contributed by atoms with Crippen LogP contribution < -0.4 is 10.2 Å². The number of para-hydroxylation sites is 2. The molecule has 1 saturated heterocycles. The number of piperazine rings is 1. The number of nitriles is 1. The van der Waals surface area contributed by atoms with Crippen molar-refractivity contribution < 1.29 is 14.7 Å². The summed E-state index contributed by atoms with van der Waals surface area (Å²) in [6, 6.07) is 18.5. The number of nitrogens with zero attached hydrogens (tertiary/aromatic N) is 5. The molecular formula is C32H38N6O3. The molecule has 0 saturated carbocycles. The highest BCUT2D eigenvalue weighted by atomic mass is 16.4. The van der Waals surface area contributed by atoms with E-state index in [1.807, 2.05) is 12.3 Å². The minimum atomic E-state index is -1.11. The fraction of sp³-hybridized carbons (Fsp3) is 0.375. The van der Waals surface area contributed by atoms with Gasteiger partial charge in [0.05, 0.1) is 22.6 Å². The van der Waals surface area contributed by atoms with Gasteiger partial charge in [-0.2, -0.15) is 5.26 Å². The van der Waals surface area contributed by atoms with Gasteiger partial charge in [0.1, 0.15) is 6.07 Å². The fourth-order valence-electron chi connectivity index (χ4n) is 5.11. The number of hydrogen-bond acceptors (Lipinski definition) is 6. The lowest BCUT2D eigenvalue weighted by atomic mass is 10.0. The van der Waals surface area contributed by atoms with Gasteiger partial charge < -0.3 is 10.4 Å². The molecule has 9 nitrogen and oxygen atoms in total. The molecule has 3 aromatic rings. The smallest absolute Gasteiger partial charge is 0.412 e. The third-order valence-electron chi connectivity index (χ3n) is 7.28. The van der Waals surface area contributed by atoms with E-state index in [-0.39, 0.29) is 5.91 Å². The SMILES string of the molecule is CC(C)N1CCN(Cc2cnc(-c3ccc(C(=O)Nc4ccccc4N(C(=O)O)C(C)(C)C)cc3)c(C#N)c2)CC1. The Morgan fingerprint density at radius 3 is 2.32 bits per heavy atom. The minimum Gasteiger partial charge on any atom is -0.465 e. The van der Waals surface area contributed by atoms with Gasteiger partial charge in [-0.05, 0) is 70.5 Å². The van der Waals surface area contributed by atoms with Crippen LogP contribution >= 0.6 is 0 Å². The Bertz CT molecular complexity index is 1430. The van der Waals surface area contributed by atoms with Crippen LogP contribution in [-0.2, 0) is 6.54 Å². The van der Waals surface area contributed by atoms with E-state index in [9.17, 15) is 20.0 Å². The van der Waals surface area contributed by atoms with Crippen LogP contribution in [0.15, 0.2) is 60.8 Å². The van der Waals surface area contributed by atoms with E-state index in [4.69, 9.17) is 0 Å². The van der Waals surface area contributed by atoms with Crippen molar-refractivity contribution in [1.82, 2.24) is 14.8 Å². The summed E-state index contributed by atoms with van der Waals surface area (Å²) in [6.07, 6.45) is 0.718. The standard InChI is InChI=1S/C32H38N6O3/c1-22(2)37-16-14-36(15-17-37)21-23-18-26(19-33)29(34-20-23)24-10-12-25(13-11-24)30(39)35-27-8-6-7-9-28(27)38(31(40)41)32(3,4)5/h6-13,18,20,22H,14-17,21H2,1-5H3,(H,35,39)(H,40,41). The lowest BCUT2D eigenvalue weighted by Gasteiger charge is -2.36. The Morgan fingerprint density at radius 2 is 1.73 bits per heavy atom. The van der Waals surface area contributed by atoms with Gasteiger partial charge in [0.25, 0.3) is 5.91 Å². The van der Waals surface area contributed by atoms with Crippen molar-refractivity contribution in [3.8, 4) is 17.3 Å². The van der Waals surface area contributed by atoms with E-state index < -0.39 is 11.6 Å². The molecule has 0 radical (unpaired) electrons. The second-order valence-corrected chi connectivity index (χ2v) is 11.6. The van der Waals surface area contributed by atoms with Crippen molar-refractivity contribution >= 4 is 23.4 Å². The second-order valence-electron chi connectivity index (χ2n) is 11.6. The molecule has 214 valence electrons. The third kappa shape index (κ3) is 7.09. The Kier molecular flexibility index (Phi) is 9.06. The number of amides is 2. The summed E-state index contributed by atoms with van der Waals surface area (Å²) in [4.78, 5) is 35.8. The molecule has 0 bridgehead atoms. The zero-order valence-corrected chi connectivity index (χ0v) is 24.4. The normalized spacial score (nSPS) is 14.5. The number of aromatic nitrogens is 1. The Balaban J connectivity index is 1.48. The Labute approximate surface area is 242 Å². The van der Waals surface area contributed by atoms with Crippen molar-refractivity contribution in [1.29, 1.82) is 5.26 Å². The van der Waals surface area contributed by atoms with Gasteiger partial charge in [-0.1, -0.05) is 24.3 Å². The first-order valence-electron chi connectivity index (χ1n) is 13.9. The van der Waals surface area contributed by atoms with E-state index in [0.717, 1.165) is 43.9 Å². The lowest BCUT2D eigenvalue weighted by molar-refractivity contribution is 0.102. The molecule has 1 fully saturated rings. The minimum absolute atomic E-state index is 0.371. The van der Waals surface area contributed by atoms with Crippen molar-refractivity contribution in [3.05, 3.63) is 77.5 Å². The number of carbonyl (C=O) groups excluding carboxylic acids is 1. The number of anilines is 2. The highest BCUT2D eigenvalue weighted by Gasteiger charge is 2.30. The van der Waals surface area contributed by atoms with Gasteiger partial charge in [-0.3, -0.25) is 24.5 Å². The quantitative estimate of drug-likeness (QED) is 0.386. The number of carbonyl (C=O) groups is 2. The van der Waals surface area contributed by atoms with E-state index >= 15 is 0 Å². The average molecular weight is 555 g/mol. The molecule has 2 amide bonds. The maximum Gasteiger partial charge on any atom is 0.412 e. The maximum absolute atomic E-state index is 13.1. The predicted octanol–water partition coefficient (Wildman–Crippen LogP) is 5.68. The summed E-state index contributed by atoms with van der Waals surface area (Å²) >= 11 is 0. The van der Waals surface area contributed by atoms with Gasteiger partial charge in [0, 0.05) is 61.6 Å². The summed E-state index contributed by atoms with van der Waals surface area (Å²) in [6.45, 7) is 14.6. The number of pyridine rings is 1. The van der Waals surface area contributed by atoms with Gasteiger partial charge in [0.2, 0.25) is 0 Å². The summed E-state index contributed by atoms with van der Waals surface area (Å²) in [5.41, 5.74) is 3.28. The average Bonchev–Trinajstić information content (AvgIpc) is 2.93. The van der Waals surface area contributed by atoms with Gasteiger partial charge in [-0.25, -0.2) is 4.79 Å². The number of carboxylic acid groups (broad SMARTS) is 1. The van der Waals surface area contributed by atoms with Gasteiger partial charge in [-0.15, -0.1) is 0 Å². The largest absolute Gasteiger partial charge is 0.465 e. The maximum atomic E-state index is 13.1. The first kappa shape index (κ1) is 29.7. The van der Waals surface area contributed by atoms with Crippen molar-refractivity contribution in [2.45, 2.75) is 52.7 Å². The first-order valence-corrected chi connectivity index (χ1v) is 13.9. The molecule has 2 N–H and O–H groups in total. The molecular weight excluding hydrogens is 516 g/mol. The van der Waals surface area contributed by atoms with Crippen LogP contribution in [0, 0.1) is 11.3 Å². The highest BCUT2D eigenvalue weighted by molar-refractivity contribution is 6.07. The van der Waals surface area contributed by atoms with Crippen molar-refractivity contribution in [2.75, 3.05) is 36.4 Å². The molecule has 0 spiro atoms. The number of rotatable bonds is 7. The lowest BCUT2D eigenvalue weighted by Crippen LogP contribution is -2.48. The van der Waals surface area contributed by atoms with E-state index in [0.29, 0.717) is 34.2 Å². The molecule has 9 heteroatoms. The Hall–Kier alpha value is -4.26. The first-order chi connectivity index (χ1) is 19.5. The van der Waals surface area contributed by atoms with Crippen LogP contribution in [0.3, 0.4) is 0 Å². The number of nitrogens with one attached hydrogen (secondary N) is 1. The number of hydrogen-bond donors (Lipinski definition) is 2. The topological polar surface area (TPSA) is 113 Å². The summed E-state index contributed by atoms with van der Waals surface area (Å²) in [5.74, 6) is -0.371. The molecule has 1 aliphatic rings. The van der Waals surface area contributed by atoms with Crippen molar-refractivity contribution in [3.63, 3.8) is 0 Å². The molecule has 0 unspecified atom stereocenters. The Morgan fingerprint density at radius 1 is 1.07 bits per heavy atom. The monoisotopic (exact) mass is 554 g/mol. The van der Waals surface area contributed by atoms with Gasteiger partial charge in [0.15, 0.2) is 0 Å². The molecule has 0 atom stereocenters. The van der Waals surface area contributed by atoms with Crippen LogP contribution in [-0.4, -0.2) is 69.7 Å². The molecule has 4 rings (SSSR count). The molecule has 41 heavy (non-hydrogen) atoms. The molecule has 1 aliphatic heterocycles. The van der Waals surface area contributed by atoms with Gasteiger partial charge >= 0.3 is 6.09 Å². The van der Waals surface area contributed by atoms with E-state index in [2.05, 4.69) is 40.0 Å². The van der Waals surface area contributed by atoms with Crippen LogP contribution in [0.5, 0.6) is 0 Å². The van der Waals surface area contributed by atoms with E-state index in [1.54, 1.807) is 69.3 Å². The second kappa shape index (κ2) is 12.5. The number of benzene rings is 2. The molecule has 2 aromatic carbocycles.